The third-order valence-corrected chi connectivity index (χ3v) is 0.500. The van der Waals surface area contributed by atoms with Gasteiger partial charge in [0.2, 0.25) is 0 Å². The first-order valence-electron chi connectivity index (χ1n) is 3.67. The van der Waals surface area contributed by atoms with Gasteiger partial charge in [-0.2, -0.15) is 0 Å². The number of carbonyl (C=O) groups is 6. The largest absolute Gasteiger partial charge is 1.00 e. The maximum atomic E-state index is 9.06. The molecule has 120 valence electrons. The number of rotatable bonds is 0. The van der Waals surface area contributed by atoms with Gasteiger partial charge in [0.25, 0.3) is 36.9 Å². The van der Waals surface area contributed by atoms with Crippen molar-refractivity contribution in [3.05, 3.63) is 0 Å². The summed E-state index contributed by atoms with van der Waals surface area (Å²) in [6, 6.07) is 0. The zero-order valence-electron chi connectivity index (χ0n) is 15.1. The number of carboxylic acid groups (broad SMARTS) is 6. The van der Waals surface area contributed by atoms with Crippen LogP contribution in [0.25, 0.3) is 0 Å². The Morgan fingerprint density at radius 3 is 0.407 bits per heavy atom. The Morgan fingerprint density at radius 1 is 0.333 bits per heavy atom. The molecule has 15 nitrogen and oxygen atoms in total. The maximum Gasteiger partial charge on any atom is 1.00 e. The monoisotopic (exact) mass is 450 g/mol. The van der Waals surface area contributed by atoms with E-state index in [2.05, 4.69) is 14.2 Å². The van der Waals surface area contributed by atoms with Gasteiger partial charge >= 0.3 is 177 Å². The van der Waals surface area contributed by atoms with Crippen molar-refractivity contribution in [3.8, 4) is 0 Å². The van der Waals surface area contributed by atoms with Gasteiger partial charge in [0.1, 0.15) is 0 Å². The van der Waals surface area contributed by atoms with Crippen molar-refractivity contribution in [2.75, 3.05) is 0 Å². The minimum Gasteiger partial charge on any atom is -0.483 e. The van der Waals surface area contributed by atoms with Crippen LogP contribution in [0.5, 0.6) is 0 Å². The van der Waals surface area contributed by atoms with E-state index >= 15 is 0 Å². The van der Waals surface area contributed by atoms with Crippen LogP contribution in [-0.2, 0) is 14.2 Å². The normalized spacial score (nSPS) is 5.78. The first-order chi connectivity index (χ1) is 9.38. The van der Waals surface area contributed by atoms with E-state index in [0.717, 1.165) is 0 Å². The Balaban J connectivity index is -0.0000000231. The maximum absolute atomic E-state index is 9.06. The van der Waals surface area contributed by atoms with Crippen LogP contribution in [0, 0.1) is 0 Å². The van der Waals surface area contributed by atoms with Crippen molar-refractivity contribution >= 4 is 36.9 Å². The van der Waals surface area contributed by atoms with Gasteiger partial charge < -0.3 is 73.6 Å². The summed E-state index contributed by atoms with van der Waals surface area (Å²) in [7, 11) is 0. The molecule has 0 saturated carbocycles. The summed E-state index contributed by atoms with van der Waals surface area (Å²) in [6.07, 6.45) is -12.7. The zero-order chi connectivity index (χ0) is 17.6. The van der Waals surface area contributed by atoms with E-state index < -0.39 is 36.9 Å². The van der Waals surface area contributed by atoms with E-state index in [1.165, 1.54) is 0 Å². The Kier molecular flexibility index (Phi) is 81.7. The van der Waals surface area contributed by atoms with Crippen LogP contribution < -0.4 is 208 Å². The van der Waals surface area contributed by atoms with Crippen molar-refractivity contribution in [3.63, 3.8) is 0 Å². The molecule has 0 radical (unpaired) electrons. The zero-order valence-corrected chi connectivity index (χ0v) is 27.1. The number of carbonyl (C=O) groups excluding carboxylic acids is 6. The summed E-state index contributed by atoms with van der Waals surface area (Å²) in [4.78, 5) is 54.3. The van der Waals surface area contributed by atoms with Gasteiger partial charge in [0.05, 0.1) is 0 Å². The second kappa shape index (κ2) is 38.8. The molecule has 0 rings (SSSR count). The minimum atomic E-state index is -2.12. The van der Waals surface area contributed by atoms with E-state index in [1.807, 2.05) is 0 Å². The average molecular weight is 450 g/mol. The molecule has 0 unspecified atom stereocenters. The summed E-state index contributed by atoms with van der Waals surface area (Å²) in [5.41, 5.74) is 0. The Labute approximate surface area is 282 Å². The second-order valence-electron chi connectivity index (χ2n) is 1.81. The van der Waals surface area contributed by atoms with E-state index in [9.17, 15) is 0 Å². The van der Waals surface area contributed by atoms with Gasteiger partial charge in [-0.1, -0.05) is 0 Å². The molecule has 0 aromatic carbocycles. The molecule has 0 saturated heterocycles. The molecule has 0 heterocycles. The van der Waals surface area contributed by atoms with Gasteiger partial charge in [-0.25, -0.2) is 0 Å². The molecule has 0 aromatic rings. The van der Waals surface area contributed by atoms with Crippen molar-refractivity contribution < 1.29 is 251 Å². The van der Waals surface area contributed by atoms with Crippen molar-refractivity contribution in [2.24, 2.45) is 0 Å². The molecule has 0 bridgehead atoms. The predicted octanol–water partition coefficient (Wildman–Crippen LogP) is -24.9. The molecule has 0 fully saturated rings. The smallest absolute Gasteiger partial charge is 0.483 e. The van der Waals surface area contributed by atoms with Crippen LogP contribution in [0.4, 0.5) is 28.8 Å². The SMILES string of the molecule is O=C([O-])OC(=O)[O-].O=C([O-])OC(=O)[O-].O=C([O-])OC(=O)[O-].[Na+].[Na+].[Na+].[Na+].[Na+].[Na+]. The first-order valence-corrected chi connectivity index (χ1v) is 3.67. The fourth-order valence-electron chi connectivity index (χ4n) is 0.204. The van der Waals surface area contributed by atoms with Crippen LogP contribution in [0.15, 0.2) is 0 Å². The van der Waals surface area contributed by atoms with Crippen LogP contribution in [0.3, 0.4) is 0 Å². The third-order valence-electron chi connectivity index (χ3n) is 0.500. The molecule has 0 aliphatic carbocycles. The van der Waals surface area contributed by atoms with Gasteiger partial charge in [0.15, 0.2) is 0 Å². The van der Waals surface area contributed by atoms with Crippen LogP contribution in [0.2, 0.25) is 0 Å². The predicted molar refractivity (Wildman–Crippen MR) is 35.6 cm³/mol. The first kappa shape index (κ1) is 56.9. The van der Waals surface area contributed by atoms with E-state index in [4.69, 9.17) is 59.4 Å². The fourth-order valence-corrected chi connectivity index (χ4v) is 0.204. The van der Waals surface area contributed by atoms with Crippen molar-refractivity contribution in [1.29, 1.82) is 0 Å². The molecular weight excluding hydrogens is 450 g/mol. The van der Waals surface area contributed by atoms with E-state index in [1.54, 1.807) is 0 Å². The molecular formula is C6Na6O15. The van der Waals surface area contributed by atoms with E-state index in [0.29, 0.717) is 0 Å². The Morgan fingerprint density at radius 2 is 0.407 bits per heavy atom. The summed E-state index contributed by atoms with van der Waals surface area (Å²) < 4.78 is 8.58. The summed E-state index contributed by atoms with van der Waals surface area (Å²) in [5.74, 6) is 0. The van der Waals surface area contributed by atoms with E-state index in [-0.39, 0.29) is 177 Å². The van der Waals surface area contributed by atoms with Crippen molar-refractivity contribution in [1.82, 2.24) is 0 Å². The number of ether oxygens (including phenoxy) is 3. The van der Waals surface area contributed by atoms with Gasteiger partial charge in [0, 0.05) is 0 Å². The van der Waals surface area contributed by atoms with Crippen molar-refractivity contribution in [2.45, 2.75) is 0 Å². The van der Waals surface area contributed by atoms with Gasteiger partial charge in [-0.05, 0) is 0 Å². The van der Waals surface area contributed by atoms with Crippen LogP contribution >= 0.6 is 0 Å². The molecule has 21 heteroatoms. The quantitative estimate of drug-likeness (QED) is 0.143. The van der Waals surface area contributed by atoms with Gasteiger partial charge in [-0.3, -0.25) is 0 Å². The number of hydrogen-bond acceptors (Lipinski definition) is 15. The number of hydrogen-bond donors (Lipinski definition) is 0. The standard InChI is InChI=1S/3C2H2O5.6Na/c3*3-1(4)7-2(5)6;;;;;;/h3*(H,3,4)(H,5,6);;;;;;/q;;;6*+1/p-6. The Hall–Kier alpha value is 2.22. The minimum absolute atomic E-state index is 0. The molecule has 27 heavy (non-hydrogen) atoms. The Bertz CT molecular complexity index is 329. The topological polar surface area (TPSA) is 268 Å². The summed E-state index contributed by atoms with van der Waals surface area (Å²) >= 11 is 0. The second-order valence-corrected chi connectivity index (χ2v) is 1.81. The molecule has 0 amide bonds. The molecule has 0 atom stereocenters. The van der Waals surface area contributed by atoms with Crippen LogP contribution in [0.1, 0.15) is 0 Å². The average Bonchev–Trinajstić information content (AvgIpc) is 2.10. The van der Waals surface area contributed by atoms with Crippen LogP contribution in [-0.4, -0.2) is 36.9 Å². The van der Waals surface area contributed by atoms with Gasteiger partial charge in [-0.15, -0.1) is 0 Å². The molecule has 0 aromatic heterocycles. The molecule has 0 spiro atoms. The third kappa shape index (κ3) is 95.9. The summed E-state index contributed by atoms with van der Waals surface area (Å²) in [6.45, 7) is 0. The summed E-state index contributed by atoms with van der Waals surface area (Å²) in [5, 5.41) is 54.3. The molecule has 0 aliphatic heterocycles. The fraction of sp³-hybridized carbons (Fsp3) is 0. The molecule has 0 aliphatic rings. The molecule has 0 N–H and O–H groups in total.